The molecule has 2 rings (SSSR count). The third kappa shape index (κ3) is 3.48. The van der Waals surface area contributed by atoms with Crippen molar-refractivity contribution in [2.75, 3.05) is 0 Å². The van der Waals surface area contributed by atoms with Crippen molar-refractivity contribution in [3.05, 3.63) is 65.0 Å². The molecule has 0 aliphatic heterocycles. The Morgan fingerprint density at radius 2 is 1.53 bits per heavy atom. The Bertz CT molecular complexity index is 567. The fourth-order valence-corrected chi connectivity index (χ4v) is 1.70. The van der Waals surface area contributed by atoms with Crippen LogP contribution in [0.4, 0.5) is 13.2 Å². The van der Waals surface area contributed by atoms with E-state index >= 15 is 0 Å². The third-order valence-electron chi connectivity index (χ3n) is 2.62. The van der Waals surface area contributed by atoms with Gasteiger partial charge in [-0.3, -0.25) is 0 Å². The highest BCUT2D eigenvalue weighted by atomic mass is 19.1. The molecule has 0 atom stereocenters. The lowest BCUT2D eigenvalue weighted by Crippen LogP contribution is -2.05. The predicted octanol–water partition coefficient (Wildman–Crippen LogP) is 3.14. The van der Waals surface area contributed by atoms with E-state index in [0.29, 0.717) is 11.1 Å². The first-order valence-electron chi connectivity index (χ1n) is 5.65. The summed E-state index contributed by atoms with van der Waals surface area (Å²) in [4.78, 5) is 0. The molecule has 0 saturated heterocycles. The summed E-state index contributed by atoms with van der Waals surface area (Å²) in [6.07, 6.45) is 0. The molecule has 0 unspecified atom stereocenters. The lowest BCUT2D eigenvalue weighted by molar-refractivity contribution is 0.301. The quantitative estimate of drug-likeness (QED) is 0.923. The first kappa shape index (κ1) is 13.4. The van der Waals surface area contributed by atoms with Gasteiger partial charge in [-0.1, -0.05) is 6.07 Å². The summed E-state index contributed by atoms with van der Waals surface area (Å²) >= 11 is 0. The number of nitrogens with two attached hydrogens (primary N) is 1. The van der Waals surface area contributed by atoms with Crippen molar-refractivity contribution in [1.29, 1.82) is 0 Å². The zero-order chi connectivity index (χ0) is 13.8. The van der Waals surface area contributed by atoms with Gasteiger partial charge in [0.25, 0.3) is 0 Å². The van der Waals surface area contributed by atoms with Gasteiger partial charge >= 0.3 is 0 Å². The number of benzene rings is 2. The highest BCUT2D eigenvalue weighted by Gasteiger charge is 2.06. The normalized spacial score (nSPS) is 10.5. The smallest absolute Gasteiger partial charge is 0.129 e. The minimum atomic E-state index is -0.715. The van der Waals surface area contributed by atoms with Crippen molar-refractivity contribution in [3.8, 4) is 5.75 Å². The van der Waals surface area contributed by atoms with Crippen LogP contribution in [0, 0.1) is 17.5 Å². The van der Waals surface area contributed by atoms with Crippen molar-refractivity contribution in [3.63, 3.8) is 0 Å². The second-order valence-electron chi connectivity index (χ2n) is 4.01. The predicted molar refractivity (Wildman–Crippen MR) is 65.0 cm³/mol. The van der Waals surface area contributed by atoms with Gasteiger partial charge < -0.3 is 10.5 Å². The Morgan fingerprint density at radius 3 is 2.16 bits per heavy atom. The van der Waals surface area contributed by atoms with Crippen LogP contribution in [0.1, 0.15) is 11.1 Å². The first-order chi connectivity index (χ1) is 9.08. The van der Waals surface area contributed by atoms with Crippen molar-refractivity contribution in [1.82, 2.24) is 0 Å². The molecule has 0 radical (unpaired) electrons. The largest absolute Gasteiger partial charge is 0.489 e. The molecule has 5 heteroatoms. The van der Waals surface area contributed by atoms with Crippen LogP contribution in [0.25, 0.3) is 0 Å². The van der Waals surface area contributed by atoms with Gasteiger partial charge in [0, 0.05) is 24.7 Å². The van der Waals surface area contributed by atoms with Crippen LogP contribution in [-0.2, 0) is 13.2 Å². The Balaban J connectivity index is 2.14. The zero-order valence-corrected chi connectivity index (χ0v) is 10.00. The molecule has 19 heavy (non-hydrogen) atoms. The van der Waals surface area contributed by atoms with Crippen LogP contribution >= 0.6 is 0 Å². The molecule has 2 N–H and O–H groups in total. The molecule has 2 aromatic carbocycles. The van der Waals surface area contributed by atoms with Gasteiger partial charge in [0.05, 0.1) is 0 Å². The molecule has 0 spiro atoms. The summed E-state index contributed by atoms with van der Waals surface area (Å²) in [6, 6.07) is 7.04. The topological polar surface area (TPSA) is 35.2 Å². The summed E-state index contributed by atoms with van der Waals surface area (Å²) in [6.45, 7) is 0.226. The molecule has 0 aliphatic carbocycles. The average molecular weight is 267 g/mol. The van der Waals surface area contributed by atoms with Gasteiger partial charge in [0.1, 0.15) is 29.8 Å². The molecule has 100 valence electrons. The van der Waals surface area contributed by atoms with E-state index in [9.17, 15) is 13.2 Å². The molecule has 0 aliphatic rings. The average Bonchev–Trinajstić information content (AvgIpc) is 2.36. The molecule has 0 amide bonds. The maximum atomic E-state index is 13.0. The Labute approximate surface area is 108 Å². The Kier molecular flexibility index (Phi) is 4.06. The van der Waals surface area contributed by atoms with E-state index in [0.717, 1.165) is 18.2 Å². The van der Waals surface area contributed by atoms with Gasteiger partial charge in [-0.05, 0) is 23.3 Å². The fraction of sp³-hybridized carbons (Fsp3) is 0.143. The SMILES string of the molecule is NCc1cc(F)ccc1COc1cc(F)cc(F)c1. The third-order valence-corrected chi connectivity index (χ3v) is 2.62. The lowest BCUT2D eigenvalue weighted by atomic mass is 10.1. The van der Waals surface area contributed by atoms with Gasteiger partial charge in [0.15, 0.2) is 0 Å². The van der Waals surface area contributed by atoms with Crippen molar-refractivity contribution in [2.45, 2.75) is 13.2 Å². The molecule has 0 fully saturated rings. The highest BCUT2D eigenvalue weighted by molar-refractivity contribution is 5.29. The van der Waals surface area contributed by atoms with Crippen molar-refractivity contribution < 1.29 is 17.9 Å². The van der Waals surface area contributed by atoms with Gasteiger partial charge in [-0.25, -0.2) is 13.2 Å². The summed E-state index contributed by atoms with van der Waals surface area (Å²) in [7, 11) is 0. The first-order valence-corrected chi connectivity index (χ1v) is 5.65. The van der Waals surface area contributed by atoms with Gasteiger partial charge in [-0.2, -0.15) is 0 Å². The summed E-state index contributed by atoms with van der Waals surface area (Å²) < 4.78 is 44.2. The second kappa shape index (κ2) is 5.75. The van der Waals surface area contributed by atoms with E-state index in [4.69, 9.17) is 10.5 Å². The van der Waals surface area contributed by atoms with Crippen molar-refractivity contribution in [2.24, 2.45) is 5.73 Å². The molecular formula is C14H12F3NO. The minimum absolute atomic E-state index is 0.0652. The Morgan fingerprint density at radius 1 is 0.842 bits per heavy atom. The molecule has 0 heterocycles. The van der Waals surface area contributed by atoms with Crippen LogP contribution in [0.5, 0.6) is 5.75 Å². The monoisotopic (exact) mass is 267 g/mol. The molecule has 0 saturated carbocycles. The van der Waals surface area contributed by atoms with Crippen LogP contribution in [-0.4, -0.2) is 0 Å². The van der Waals surface area contributed by atoms with Crippen LogP contribution in [0.3, 0.4) is 0 Å². The van der Waals surface area contributed by atoms with E-state index in [1.165, 1.54) is 18.2 Å². The number of rotatable bonds is 4. The van der Waals surface area contributed by atoms with Crippen molar-refractivity contribution >= 4 is 0 Å². The van der Waals surface area contributed by atoms with Gasteiger partial charge in [-0.15, -0.1) is 0 Å². The van der Waals surface area contributed by atoms with E-state index in [-0.39, 0.29) is 24.7 Å². The summed E-state index contributed by atoms with van der Waals surface area (Å²) in [5, 5.41) is 0. The van der Waals surface area contributed by atoms with E-state index < -0.39 is 11.6 Å². The lowest BCUT2D eigenvalue weighted by Gasteiger charge is -2.10. The van der Waals surface area contributed by atoms with Gasteiger partial charge in [0.2, 0.25) is 0 Å². The molecule has 2 nitrogen and oxygen atoms in total. The number of halogens is 3. The van der Waals surface area contributed by atoms with E-state index in [1.807, 2.05) is 0 Å². The zero-order valence-electron chi connectivity index (χ0n) is 10.00. The standard InChI is InChI=1S/C14H12F3NO/c15-11-2-1-9(10(3-11)7-18)8-19-14-5-12(16)4-13(17)6-14/h1-6H,7-8,18H2. The number of hydrogen-bond donors (Lipinski definition) is 1. The molecular weight excluding hydrogens is 255 g/mol. The molecule has 2 aromatic rings. The highest BCUT2D eigenvalue weighted by Crippen LogP contribution is 2.18. The number of ether oxygens (including phenoxy) is 1. The fourth-order valence-electron chi connectivity index (χ4n) is 1.70. The van der Waals surface area contributed by atoms with E-state index in [1.54, 1.807) is 0 Å². The Hall–Kier alpha value is -2.01. The van der Waals surface area contributed by atoms with E-state index in [2.05, 4.69) is 0 Å². The minimum Gasteiger partial charge on any atom is -0.489 e. The maximum Gasteiger partial charge on any atom is 0.129 e. The number of hydrogen-bond acceptors (Lipinski definition) is 2. The van der Waals surface area contributed by atoms with Crippen LogP contribution in [0.2, 0.25) is 0 Å². The maximum absolute atomic E-state index is 13.0. The second-order valence-corrected chi connectivity index (χ2v) is 4.01. The van der Waals surface area contributed by atoms with Crippen LogP contribution < -0.4 is 10.5 Å². The summed E-state index contributed by atoms with van der Waals surface area (Å²) in [5.74, 6) is -1.74. The van der Waals surface area contributed by atoms with Crippen LogP contribution in [0.15, 0.2) is 36.4 Å². The summed E-state index contributed by atoms with van der Waals surface area (Å²) in [5.41, 5.74) is 6.76. The molecule has 0 bridgehead atoms. The molecule has 0 aromatic heterocycles.